The van der Waals surface area contributed by atoms with Crippen molar-refractivity contribution in [1.29, 1.82) is 0 Å². The van der Waals surface area contributed by atoms with Gasteiger partial charge in [-0.25, -0.2) is 9.18 Å². The van der Waals surface area contributed by atoms with Gasteiger partial charge in [0.1, 0.15) is 0 Å². The Morgan fingerprint density at radius 3 is 2.62 bits per heavy atom. The predicted molar refractivity (Wildman–Crippen MR) is 76.5 cm³/mol. The van der Waals surface area contributed by atoms with Crippen LogP contribution in [0.2, 0.25) is 0 Å². The average Bonchev–Trinajstić information content (AvgIpc) is 2.49. The highest BCUT2D eigenvalue weighted by Gasteiger charge is 2.17. The number of benzene rings is 2. The molecule has 2 aromatic carbocycles. The number of halogens is 1. The van der Waals surface area contributed by atoms with Crippen LogP contribution in [0.15, 0.2) is 47.4 Å². The van der Waals surface area contributed by atoms with Gasteiger partial charge in [-0.3, -0.25) is 4.21 Å². The van der Waals surface area contributed by atoms with Crippen LogP contribution in [0.3, 0.4) is 0 Å². The molecule has 4 nitrogen and oxygen atoms in total. The Hall–Kier alpha value is -2.21. The third-order valence-corrected chi connectivity index (χ3v) is 4.33. The molecule has 0 amide bonds. The lowest BCUT2D eigenvalue weighted by Gasteiger charge is -2.09. The zero-order valence-electron chi connectivity index (χ0n) is 11.2. The van der Waals surface area contributed by atoms with Gasteiger partial charge in [0.15, 0.2) is 11.6 Å². The van der Waals surface area contributed by atoms with Crippen LogP contribution in [0.5, 0.6) is 5.75 Å². The van der Waals surface area contributed by atoms with Crippen LogP contribution >= 0.6 is 0 Å². The van der Waals surface area contributed by atoms with Crippen molar-refractivity contribution in [2.75, 3.05) is 7.11 Å². The van der Waals surface area contributed by atoms with Crippen molar-refractivity contribution < 1.29 is 23.2 Å². The van der Waals surface area contributed by atoms with Gasteiger partial charge in [0.2, 0.25) is 0 Å². The summed E-state index contributed by atoms with van der Waals surface area (Å²) >= 11 is 0. The maximum Gasteiger partial charge on any atom is 0.336 e. The molecule has 2 aromatic rings. The zero-order chi connectivity index (χ0) is 15.4. The highest BCUT2D eigenvalue weighted by Crippen LogP contribution is 2.23. The number of hydrogen-bond acceptors (Lipinski definition) is 3. The van der Waals surface area contributed by atoms with E-state index < -0.39 is 22.6 Å². The van der Waals surface area contributed by atoms with Gasteiger partial charge in [-0.05, 0) is 18.2 Å². The lowest BCUT2D eigenvalue weighted by molar-refractivity contribution is 0.0693. The van der Waals surface area contributed by atoms with E-state index in [0.29, 0.717) is 0 Å². The van der Waals surface area contributed by atoms with Gasteiger partial charge in [0.25, 0.3) is 0 Å². The topological polar surface area (TPSA) is 63.6 Å². The van der Waals surface area contributed by atoms with E-state index in [4.69, 9.17) is 9.84 Å². The zero-order valence-corrected chi connectivity index (χ0v) is 12.0. The van der Waals surface area contributed by atoms with Crippen LogP contribution < -0.4 is 4.74 Å². The van der Waals surface area contributed by atoms with Crippen molar-refractivity contribution in [3.05, 3.63) is 59.4 Å². The van der Waals surface area contributed by atoms with Gasteiger partial charge in [0, 0.05) is 5.56 Å². The Balaban J connectivity index is 2.33. The largest absolute Gasteiger partial charge is 0.494 e. The third kappa shape index (κ3) is 3.28. The monoisotopic (exact) mass is 308 g/mol. The fraction of sp³-hybridized carbons (Fsp3) is 0.133. The maximum atomic E-state index is 14.0. The summed E-state index contributed by atoms with van der Waals surface area (Å²) in [6, 6.07) is 10.6. The fourth-order valence-electron chi connectivity index (χ4n) is 1.89. The molecular formula is C15H13FO4S. The summed E-state index contributed by atoms with van der Waals surface area (Å²) in [5, 5.41) is 9.09. The fourth-order valence-corrected chi connectivity index (χ4v) is 3.18. The minimum absolute atomic E-state index is 0.0425. The van der Waals surface area contributed by atoms with Crippen molar-refractivity contribution in [2.24, 2.45) is 0 Å². The van der Waals surface area contributed by atoms with Crippen LogP contribution in [0, 0.1) is 5.82 Å². The molecule has 0 spiro atoms. The number of aromatic carboxylic acids is 1. The number of hydrogen-bond donors (Lipinski definition) is 1. The Morgan fingerprint density at radius 2 is 1.95 bits per heavy atom. The molecule has 1 N–H and O–H groups in total. The van der Waals surface area contributed by atoms with E-state index in [1.54, 1.807) is 18.2 Å². The normalized spacial score (nSPS) is 11.9. The molecule has 0 aliphatic carbocycles. The summed E-state index contributed by atoms with van der Waals surface area (Å²) in [6.45, 7) is 0. The Bertz CT molecular complexity index is 700. The van der Waals surface area contributed by atoms with E-state index in [0.717, 1.165) is 0 Å². The quantitative estimate of drug-likeness (QED) is 0.922. The second-order valence-corrected chi connectivity index (χ2v) is 5.64. The van der Waals surface area contributed by atoms with Gasteiger partial charge >= 0.3 is 5.97 Å². The minimum atomic E-state index is -1.66. The molecule has 0 radical (unpaired) electrons. The van der Waals surface area contributed by atoms with Crippen LogP contribution in [0.1, 0.15) is 15.9 Å². The molecule has 0 aromatic heterocycles. The van der Waals surface area contributed by atoms with Crippen molar-refractivity contribution in [2.45, 2.75) is 10.6 Å². The number of carboxylic acids is 1. The SMILES string of the molecule is COc1cccc(CS(=O)c2ccccc2C(=O)O)c1F. The van der Waals surface area contributed by atoms with Gasteiger partial charge < -0.3 is 9.84 Å². The highest BCUT2D eigenvalue weighted by molar-refractivity contribution is 7.84. The van der Waals surface area contributed by atoms with Crippen molar-refractivity contribution in [3.63, 3.8) is 0 Å². The van der Waals surface area contributed by atoms with E-state index in [9.17, 15) is 13.4 Å². The summed E-state index contributed by atoms with van der Waals surface area (Å²) in [4.78, 5) is 11.3. The molecular weight excluding hydrogens is 295 g/mol. The van der Waals surface area contributed by atoms with Crippen LogP contribution in [-0.4, -0.2) is 22.4 Å². The minimum Gasteiger partial charge on any atom is -0.494 e. The first-order valence-electron chi connectivity index (χ1n) is 6.06. The van der Waals surface area contributed by atoms with Crippen molar-refractivity contribution in [1.82, 2.24) is 0 Å². The molecule has 110 valence electrons. The molecule has 1 unspecified atom stereocenters. The van der Waals surface area contributed by atoms with Crippen molar-refractivity contribution >= 4 is 16.8 Å². The Labute approximate surface area is 123 Å². The molecule has 0 aliphatic rings. The van der Waals surface area contributed by atoms with Crippen LogP contribution in [0.25, 0.3) is 0 Å². The first-order valence-corrected chi connectivity index (χ1v) is 7.38. The predicted octanol–water partition coefficient (Wildman–Crippen LogP) is 2.84. The van der Waals surface area contributed by atoms with E-state index in [-0.39, 0.29) is 27.5 Å². The Kier molecular flexibility index (Phi) is 4.70. The van der Waals surface area contributed by atoms with E-state index >= 15 is 0 Å². The number of ether oxygens (including phenoxy) is 1. The van der Waals surface area contributed by atoms with Crippen molar-refractivity contribution in [3.8, 4) is 5.75 Å². The van der Waals surface area contributed by atoms with Gasteiger partial charge in [-0.15, -0.1) is 0 Å². The molecule has 1 atom stereocenters. The number of rotatable bonds is 5. The molecule has 0 saturated carbocycles. The smallest absolute Gasteiger partial charge is 0.336 e. The summed E-state index contributed by atoms with van der Waals surface area (Å²) in [5.74, 6) is -1.80. The third-order valence-electron chi connectivity index (χ3n) is 2.91. The molecule has 0 heterocycles. The summed E-state index contributed by atoms with van der Waals surface area (Å²) in [5.41, 5.74) is 0.173. The number of carbonyl (C=O) groups is 1. The average molecular weight is 308 g/mol. The lowest BCUT2D eigenvalue weighted by Crippen LogP contribution is -2.07. The Morgan fingerprint density at radius 1 is 1.24 bits per heavy atom. The summed E-state index contributed by atoms with van der Waals surface area (Å²) in [6.07, 6.45) is 0. The number of carboxylic acid groups (broad SMARTS) is 1. The van der Waals surface area contributed by atoms with Crippen LogP contribution in [-0.2, 0) is 16.6 Å². The van der Waals surface area contributed by atoms with E-state index in [1.165, 1.54) is 31.4 Å². The second-order valence-electron chi connectivity index (χ2n) is 4.22. The summed E-state index contributed by atoms with van der Waals surface area (Å²) in [7, 11) is -0.317. The standard InChI is InChI=1S/C15H13FO4S/c1-20-12-7-4-5-10(14(12)16)9-21(19)13-8-3-2-6-11(13)15(17)18/h2-8H,9H2,1H3,(H,17,18). The molecule has 6 heteroatoms. The molecule has 21 heavy (non-hydrogen) atoms. The first kappa shape index (κ1) is 15.2. The maximum absolute atomic E-state index is 14.0. The molecule has 0 bridgehead atoms. The van der Waals surface area contributed by atoms with E-state index in [1.807, 2.05) is 0 Å². The second kappa shape index (κ2) is 6.49. The lowest BCUT2D eigenvalue weighted by atomic mass is 10.2. The van der Waals surface area contributed by atoms with Gasteiger partial charge in [-0.2, -0.15) is 0 Å². The van der Waals surface area contributed by atoms with Gasteiger partial charge in [-0.1, -0.05) is 24.3 Å². The molecule has 0 aliphatic heterocycles. The molecule has 0 saturated heterocycles. The van der Waals surface area contributed by atoms with E-state index in [2.05, 4.69) is 0 Å². The van der Waals surface area contributed by atoms with Gasteiger partial charge in [0.05, 0.1) is 34.1 Å². The number of methoxy groups -OCH3 is 1. The van der Waals surface area contributed by atoms with Crippen LogP contribution in [0.4, 0.5) is 4.39 Å². The highest BCUT2D eigenvalue weighted by atomic mass is 32.2. The summed E-state index contributed by atoms with van der Waals surface area (Å²) < 4.78 is 31.2. The first-order chi connectivity index (χ1) is 10.0. The molecule has 0 fully saturated rings. The molecule has 2 rings (SSSR count).